The number of hydrogen-bond donors (Lipinski definition) is 0. The first-order chi connectivity index (χ1) is 11.5. The second-order valence-corrected chi connectivity index (χ2v) is 6.85. The lowest BCUT2D eigenvalue weighted by Gasteiger charge is -2.34. The summed E-state index contributed by atoms with van der Waals surface area (Å²) in [6.07, 6.45) is 1.14. The SMILES string of the molecule is C[C@H]1C[C@H](C)CN(C(=O)COC(=O)c2cccc3ccccc23)C1. The molecule has 1 aliphatic rings. The molecule has 1 amide bonds. The van der Waals surface area contributed by atoms with Gasteiger partial charge in [0, 0.05) is 13.1 Å². The molecule has 126 valence electrons. The van der Waals surface area contributed by atoms with E-state index in [9.17, 15) is 9.59 Å². The smallest absolute Gasteiger partial charge is 0.339 e. The number of benzene rings is 2. The van der Waals surface area contributed by atoms with Crippen molar-refractivity contribution in [2.45, 2.75) is 20.3 Å². The summed E-state index contributed by atoms with van der Waals surface area (Å²) < 4.78 is 5.29. The average Bonchev–Trinajstić information content (AvgIpc) is 2.58. The van der Waals surface area contributed by atoms with E-state index in [1.54, 1.807) is 6.07 Å². The highest BCUT2D eigenvalue weighted by atomic mass is 16.5. The van der Waals surface area contributed by atoms with Crippen LogP contribution in [0.2, 0.25) is 0 Å². The van der Waals surface area contributed by atoms with E-state index in [4.69, 9.17) is 4.74 Å². The fourth-order valence-corrected chi connectivity index (χ4v) is 3.57. The maximum absolute atomic E-state index is 12.4. The summed E-state index contributed by atoms with van der Waals surface area (Å²) in [6, 6.07) is 13.2. The maximum atomic E-state index is 12.4. The van der Waals surface area contributed by atoms with Crippen molar-refractivity contribution >= 4 is 22.6 Å². The van der Waals surface area contributed by atoms with E-state index in [0.717, 1.165) is 30.3 Å². The summed E-state index contributed by atoms with van der Waals surface area (Å²) in [7, 11) is 0. The highest BCUT2D eigenvalue weighted by Crippen LogP contribution is 2.22. The van der Waals surface area contributed by atoms with Gasteiger partial charge in [-0.1, -0.05) is 50.2 Å². The zero-order valence-electron chi connectivity index (χ0n) is 14.2. The molecule has 0 bridgehead atoms. The van der Waals surface area contributed by atoms with Gasteiger partial charge in [-0.3, -0.25) is 4.79 Å². The number of carbonyl (C=O) groups is 2. The van der Waals surface area contributed by atoms with Crippen LogP contribution in [-0.4, -0.2) is 36.5 Å². The average molecular weight is 325 g/mol. The lowest BCUT2D eigenvalue weighted by molar-refractivity contribution is -0.137. The molecule has 2 aromatic carbocycles. The van der Waals surface area contributed by atoms with E-state index in [2.05, 4.69) is 13.8 Å². The highest BCUT2D eigenvalue weighted by molar-refractivity contribution is 6.04. The van der Waals surface area contributed by atoms with Gasteiger partial charge in [-0.05, 0) is 35.1 Å². The molecule has 0 aromatic heterocycles. The monoisotopic (exact) mass is 325 g/mol. The number of esters is 1. The Hall–Kier alpha value is -2.36. The molecule has 24 heavy (non-hydrogen) atoms. The molecule has 0 spiro atoms. The van der Waals surface area contributed by atoms with Crippen LogP contribution in [0.3, 0.4) is 0 Å². The number of nitrogens with zero attached hydrogens (tertiary/aromatic N) is 1. The summed E-state index contributed by atoms with van der Waals surface area (Å²) >= 11 is 0. The van der Waals surface area contributed by atoms with Gasteiger partial charge < -0.3 is 9.64 Å². The third kappa shape index (κ3) is 3.58. The lowest BCUT2D eigenvalue weighted by Crippen LogP contribution is -2.44. The van der Waals surface area contributed by atoms with E-state index in [-0.39, 0.29) is 12.5 Å². The van der Waals surface area contributed by atoms with Gasteiger partial charge >= 0.3 is 5.97 Å². The van der Waals surface area contributed by atoms with Crippen molar-refractivity contribution in [2.75, 3.05) is 19.7 Å². The van der Waals surface area contributed by atoms with Gasteiger partial charge in [0.25, 0.3) is 5.91 Å². The summed E-state index contributed by atoms with van der Waals surface area (Å²) in [4.78, 5) is 26.5. The Labute approximate surface area is 142 Å². The highest BCUT2D eigenvalue weighted by Gasteiger charge is 2.26. The Balaban J connectivity index is 1.65. The Kier molecular flexibility index (Phi) is 4.84. The number of rotatable bonds is 3. The number of hydrogen-bond acceptors (Lipinski definition) is 3. The van der Waals surface area contributed by atoms with Gasteiger partial charge in [0.1, 0.15) is 0 Å². The number of likely N-dealkylation sites (tertiary alicyclic amines) is 1. The van der Waals surface area contributed by atoms with Crippen LogP contribution in [0.5, 0.6) is 0 Å². The second kappa shape index (κ2) is 7.04. The van der Waals surface area contributed by atoms with E-state index >= 15 is 0 Å². The Morgan fingerprint density at radius 3 is 2.46 bits per heavy atom. The second-order valence-electron chi connectivity index (χ2n) is 6.85. The number of fused-ring (bicyclic) bond motifs is 1. The summed E-state index contributed by atoms with van der Waals surface area (Å²) in [5, 5.41) is 1.83. The Bertz CT molecular complexity index is 740. The van der Waals surface area contributed by atoms with Crippen LogP contribution >= 0.6 is 0 Å². The fourth-order valence-electron chi connectivity index (χ4n) is 3.57. The van der Waals surface area contributed by atoms with E-state index in [1.165, 1.54) is 0 Å². The van der Waals surface area contributed by atoms with Crippen LogP contribution in [0.25, 0.3) is 10.8 Å². The topological polar surface area (TPSA) is 46.6 Å². The van der Waals surface area contributed by atoms with E-state index < -0.39 is 5.97 Å². The lowest BCUT2D eigenvalue weighted by atomic mass is 9.92. The molecular formula is C20H23NO3. The molecule has 1 saturated heterocycles. The van der Waals surface area contributed by atoms with Crippen LogP contribution < -0.4 is 0 Å². The number of carbonyl (C=O) groups excluding carboxylic acids is 2. The van der Waals surface area contributed by atoms with Gasteiger partial charge in [-0.25, -0.2) is 4.79 Å². The van der Waals surface area contributed by atoms with Gasteiger partial charge in [-0.2, -0.15) is 0 Å². The normalized spacial score (nSPS) is 20.8. The summed E-state index contributed by atoms with van der Waals surface area (Å²) in [5.74, 6) is 0.429. The molecule has 2 aromatic rings. The van der Waals surface area contributed by atoms with Crippen molar-refractivity contribution in [1.82, 2.24) is 4.90 Å². The van der Waals surface area contributed by atoms with Crippen LogP contribution in [0.1, 0.15) is 30.6 Å². The standard InChI is InChI=1S/C20H23NO3/c1-14-10-15(2)12-21(11-14)19(22)13-24-20(23)18-9-5-7-16-6-3-4-8-17(16)18/h3-9,14-15H,10-13H2,1-2H3/t14-,15-/m0/s1. The first kappa shape index (κ1) is 16.5. The molecular weight excluding hydrogens is 302 g/mol. The predicted molar refractivity (Wildman–Crippen MR) is 93.8 cm³/mol. The molecule has 0 unspecified atom stereocenters. The van der Waals surface area contributed by atoms with Crippen molar-refractivity contribution in [1.29, 1.82) is 0 Å². The maximum Gasteiger partial charge on any atom is 0.339 e. The van der Waals surface area contributed by atoms with Gasteiger partial charge in [0.2, 0.25) is 0 Å². The zero-order valence-corrected chi connectivity index (χ0v) is 14.2. The first-order valence-electron chi connectivity index (χ1n) is 8.47. The molecule has 0 saturated carbocycles. The van der Waals surface area contributed by atoms with Crippen molar-refractivity contribution in [2.24, 2.45) is 11.8 Å². The summed E-state index contributed by atoms with van der Waals surface area (Å²) in [5.41, 5.74) is 0.501. The molecule has 4 heteroatoms. The summed E-state index contributed by atoms with van der Waals surface area (Å²) in [6.45, 7) is 5.60. The number of ether oxygens (including phenoxy) is 1. The van der Waals surface area contributed by atoms with Gasteiger partial charge in [0.05, 0.1) is 5.56 Å². The largest absolute Gasteiger partial charge is 0.452 e. The Morgan fingerprint density at radius 2 is 1.71 bits per heavy atom. The molecule has 0 aliphatic carbocycles. The van der Waals surface area contributed by atoms with Gasteiger partial charge in [0.15, 0.2) is 6.61 Å². The molecule has 1 fully saturated rings. The molecule has 2 atom stereocenters. The molecule has 0 N–H and O–H groups in total. The third-order valence-electron chi connectivity index (χ3n) is 4.56. The predicted octanol–water partition coefficient (Wildman–Crippen LogP) is 3.50. The quantitative estimate of drug-likeness (QED) is 0.812. The van der Waals surface area contributed by atoms with Crippen molar-refractivity contribution in [3.63, 3.8) is 0 Å². The first-order valence-corrected chi connectivity index (χ1v) is 8.47. The minimum absolute atomic E-state index is 0.109. The van der Waals surface area contributed by atoms with Crippen molar-refractivity contribution in [3.8, 4) is 0 Å². The molecule has 0 radical (unpaired) electrons. The molecule has 3 rings (SSSR count). The van der Waals surface area contributed by atoms with Crippen molar-refractivity contribution in [3.05, 3.63) is 48.0 Å². The zero-order chi connectivity index (χ0) is 17.1. The number of amides is 1. The molecule has 1 heterocycles. The van der Waals surface area contributed by atoms with Crippen molar-refractivity contribution < 1.29 is 14.3 Å². The Morgan fingerprint density at radius 1 is 1.04 bits per heavy atom. The van der Waals surface area contributed by atoms with E-state index in [1.807, 2.05) is 41.3 Å². The third-order valence-corrected chi connectivity index (χ3v) is 4.56. The van der Waals surface area contributed by atoms with E-state index in [0.29, 0.717) is 17.4 Å². The van der Waals surface area contributed by atoms with Crippen LogP contribution in [-0.2, 0) is 9.53 Å². The number of piperidine rings is 1. The van der Waals surface area contributed by atoms with Crippen LogP contribution in [0.4, 0.5) is 0 Å². The van der Waals surface area contributed by atoms with Crippen LogP contribution in [0, 0.1) is 11.8 Å². The molecule has 1 aliphatic heterocycles. The van der Waals surface area contributed by atoms with Crippen LogP contribution in [0.15, 0.2) is 42.5 Å². The minimum atomic E-state index is -0.446. The fraction of sp³-hybridized carbons (Fsp3) is 0.400. The molecule has 4 nitrogen and oxygen atoms in total. The minimum Gasteiger partial charge on any atom is -0.452 e. The van der Waals surface area contributed by atoms with Gasteiger partial charge in [-0.15, -0.1) is 0 Å².